The first kappa shape index (κ1) is 15.0. The van der Waals surface area contributed by atoms with Crippen molar-refractivity contribution in [3.8, 4) is 0 Å². The fraction of sp³-hybridized carbons (Fsp3) is 0.750. The van der Waals surface area contributed by atoms with Crippen molar-refractivity contribution >= 4 is 0 Å². The highest BCUT2D eigenvalue weighted by Gasteiger charge is 2.32. The topological polar surface area (TPSA) is 29.9 Å². The number of halogens is 3. The summed E-state index contributed by atoms with van der Waals surface area (Å²) in [5.74, 6) is 0. The van der Waals surface area contributed by atoms with Crippen LogP contribution in [0.1, 0.15) is 45.2 Å². The first-order valence-corrected chi connectivity index (χ1v) is 6.23. The van der Waals surface area contributed by atoms with Gasteiger partial charge in [-0.05, 0) is 19.8 Å². The van der Waals surface area contributed by atoms with Gasteiger partial charge in [0.1, 0.15) is 0 Å². The van der Waals surface area contributed by atoms with Crippen molar-refractivity contribution in [1.29, 1.82) is 0 Å². The Morgan fingerprint density at radius 2 is 1.94 bits per heavy atom. The Bertz CT molecular complexity index is 356. The van der Waals surface area contributed by atoms with Crippen LogP contribution in [0.5, 0.6) is 0 Å². The normalized spacial score (nSPS) is 14.2. The fourth-order valence-electron chi connectivity index (χ4n) is 1.73. The number of aromatic nitrogens is 2. The molecule has 1 aromatic heterocycles. The van der Waals surface area contributed by atoms with E-state index in [1.165, 1.54) is 4.68 Å². The third kappa shape index (κ3) is 4.01. The van der Waals surface area contributed by atoms with Gasteiger partial charge in [0.15, 0.2) is 0 Å². The Kier molecular flexibility index (Phi) is 5.19. The number of nitrogens with zero attached hydrogens (tertiary/aromatic N) is 2. The highest BCUT2D eigenvalue weighted by atomic mass is 19.4. The van der Waals surface area contributed by atoms with E-state index < -0.39 is 11.7 Å². The average molecular weight is 263 g/mol. The third-order valence-corrected chi connectivity index (χ3v) is 3.07. The molecule has 0 spiro atoms. The van der Waals surface area contributed by atoms with Crippen LogP contribution in [-0.2, 0) is 6.18 Å². The van der Waals surface area contributed by atoms with Crippen LogP contribution in [0.2, 0.25) is 0 Å². The summed E-state index contributed by atoms with van der Waals surface area (Å²) in [5, 5.41) is 7.09. The molecule has 0 amide bonds. The molecular weight excluding hydrogens is 243 g/mol. The zero-order valence-electron chi connectivity index (χ0n) is 11.0. The maximum atomic E-state index is 12.4. The zero-order chi connectivity index (χ0) is 13.8. The summed E-state index contributed by atoms with van der Waals surface area (Å²) in [6.45, 7) is 6.64. The van der Waals surface area contributed by atoms with Gasteiger partial charge in [-0.3, -0.25) is 4.68 Å². The van der Waals surface area contributed by atoms with E-state index in [0.717, 1.165) is 25.2 Å². The van der Waals surface area contributed by atoms with Crippen molar-refractivity contribution in [2.45, 2.75) is 51.9 Å². The summed E-state index contributed by atoms with van der Waals surface area (Å²) in [4.78, 5) is 0. The van der Waals surface area contributed by atoms with Crippen molar-refractivity contribution in [1.82, 2.24) is 15.1 Å². The second-order valence-corrected chi connectivity index (χ2v) is 4.48. The largest absolute Gasteiger partial charge is 0.419 e. The van der Waals surface area contributed by atoms with E-state index in [9.17, 15) is 13.2 Å². The minimum absolute atomic E-state index is 0.0956. The molecule has 1 N–H and O–H groups in total. The fourth-order valence-corrected chi connectivity index (χ4v) is 1.73. The Labute approximate surface area is 105 Å². The number of nitrogens with one attached hydrogen (secondary N) is 1. The molecular formula is C12H20F3N3. The summed E-state index contributed by atoms with van der Waals surface area (Å²) in [5.41, 5.74) is -0.697. The van der Waals surface area contributed by atoms with Gasteiger partial charge in [-0.1, -0.05) is 13.8 Å². The summed E-state index contributed by atoms with van der Waals surface area (Å²) < 4.78 is 38.6. The summed E-state index contributed by atoms with van der Waals surface area (Å²) in [6, 6.07) is 0.312. The van der Waals surface area contributed by atoms with Crippen molar-refractivity contribution in [2.24, 2.45) is 0 Å². The Morgan fingerprint density at radius 1 is 1.33 bits per heavy atom. The Morgan fingerprint density at radius 3 is 2.39 bits per heavy atom. The highest BCUT2D eigenvalue weighted by molar-refractivity contribution is 5.08. The summed E-state index contributed by atoms with van der Waals surface area (Å²) in [7, 11) is 0. The average Bonchev–Trinajstić information content (AvgIpc) is 2.79. The molecule has 0 aliphatic heterocycles. The lowest BCUT2D eigenvalue weighted by Crippen LogP contribution is -2.32. The molecule has 6 heteroatoms. The monoisotopic (exact) mass is 263 g/mol. The van der Waals surface area contributed by atoms with Crippen molar-refractivity contribution in [3.63, 3.8) is 0 Å². The van der Waals surface area contributed by atoms with Crippen LogP contribution in [-0.4, -0.2) is 22.4 Å². The van der Waals surface area contributed by atoms with E-state index in [1.807, 2.05) is 6.92 Å². The smallest absolute Gasteiger partial charge is 0.312 e. The molecule has 1 aromatic rings. The zero-order valence-corrected chi connectivity index (χ0v) is 11.0. The van der Waals surface area contributed by atoms with Gasteiger partial charge in [-0.2, -0.15) is 18.3 Å². The van der Waals surface area contributed by atoms with Crippen molar-refractivity contribution in [2.75, 3.05) is 6.54 Å². The van der Waals surface area contributed by atoms with Crippen LogP contribution in [0.3, 0.4) is 0 Å². The minimum atomic E-state index is -4.32. The lowest BCUT2D eigenvalue weighted by Gasteiger charge is -2.19. The van der Waals surface area contributed by atoms with Crippen LogP contribution in [0.4, 0.5) is 13.2 Å². The van der Waals surface area contributed by atoms with Crippen LogP contribution < -0.4 is 5.32 Å². The van der Waals surface area contributed by atoms with Gasteiger partial charge >= 0.3 is 6.18 Å². The molecule has 1 atom stereocenters. The van der Waals surface area contributed by atoms with E-state index in [0.29, 0.717) is 12.6 Å². The van der Waals surface area contributed by atoms with Gasteiger partial charge in [0.25, 0.3) is 0 Å². The quantitative estimate of drug-likeness (QED) is 0.854. The van der Waals surface area contributed by atoms with E-state index in [2.05, 4.69) is 24.3 Å². The second-order valence-electron chi connectivity index (χ2n) is 4.48. The van der Waals surface area contributed by atoms with E-state index in [1.54, 1.807) is 0 Å². The molecule has 0 saturated heterocycles. The third-order valence-electron chi connectivity index (χ3n) is 3.07. The molecule has 0 aliphatic carbocycles. The standard InChI is InChI=1S/C12H20F3N3/c1-4-11(5-2)16-6-9(3)18-8-10(7-17-18)12(13,14)15/h7-9,11,16H,4-6H2,1-3H3. The van der Waals surface area contributed by atoms with Gasteiger partial charge in [0.2, 0.25) is 0 Å². The minimum Gasteiger partial charge on any atom is -0.312 e. The van der Waals surface area contributed by atoms with Crippen LogP contribution >= 0.6 is 0 Å². The lowest BCUT2D eigenvalue weighted by molar-refractivity contribution is -0.137. The highest BCUT2D eigenvalue weighted by Crippen LogP contribution is 2.28. The van der Waals surface area contributed by atoms with Crippen LogP contribution in [0.15, 0.2) is 12.4 Å². The number of alkyl halides is 3. The predicted molar refractivity (Wildman–Crippen MR) is 64.3 cm³/mol. The summed E-state index contributed by atoms with van der Waals surface area (Å²) >= 11 is 0. The van der Waals surface area contributed by atoms with Gasteiger partial charge in [-0.15, -0.1) is 0 Å². The lowest BCUT2D eigenvalue weighted by atomic mass is 10.1. The molecule has 0 bridgehead atoms. The van der Waals surface area contributed by atoms with Gasteiger partial charge in [0, 0.05) is 18.8 Å². The molecule has 3 nitrogen and oxygen atoms in total. The van der Waals surface area contributed by atoms with Gasteiger partial charge in [0.05, 0.1) is 17.8 Å². The van der Waals surface area contributed by atoms with Crippen LogP contribution in [0, 0.1) is 0 Å². The SMILES string of the molecule is CCC(CC)NCC(C)n1cc(C(F)(F)F)cn1. The number of hydrogen-bond donors (Lipinski definition) is 1. The summed E-state index contributed by atoms with van der Waals surface area (Å²) in [6.07, 6.45) is -0.375. The molecule has 1 heterocycles. The molecule has 0 saturated carbocycles. The first-order valence-electron chi connectivity index (χ1n) is 6.23. The van der Waals surface area contributed by atoms with E-state index in [-0.39, 0.29) is 6.04 Å². The van der Waals surface area contributed by atoms with E-state index >= 15 is 0 Å². The van der Waals surface area contributed by atoms with Crippen molar-refractivity contribution < 1.29 is 13.2 Å². The van der Waals surface area contributed by atoms with Crippen molar-refractivity contribution in [3.05, 3.63) is 18.0 Å². The molecule has 104 valence electrons. The molecule has 0 fully saturated rings. The Balaban J connectivity index is 2.57. The van der Waals surface area contributed by atoms with Gasteiger partial charge < -0.3 is 5.32 Å². The molecule has 0 aliphatic rings. The van der Waals surface area contributed by atoms with Gasteiger partial charge in [-0.25, -0.2) is 0 Å². The number of hydrogen-bond acceptors (Lipinski definition) is 2. The predicted octanol–water partition coefficient (Wildman–Crippen LogP) is 3.24. The molecule has 1 unspecified atom stereocenters. The maximum absolute atomic E-state index is 12.4. The maximum Gasteiger partial charge on any atom is 0.419 e. The molecule has 1 rings (SSSR count). The first-order chi connectivity index (χ1) is 8.38. The molecule has 0 radical (unpaired) electrons. The van der Waals surface area contributed by atoms with Crippen LogP contribution in [0.25, 0.3) is 0 Å². The van der Waals surface area contributed by atoms with E-state index in [4.69, 9.17) is 0 Å². The number of rotatable bonds is 6. The molecule has 18 heavy (non-hydrogen) atoms. The molecule has 0 aromatic carbocycles. The second kappa shape index (κ2) is 6.22. The Hall–Kier alpha value is -1.04.